The molecule has 1 aromatic rings. The molecule has 0 aliphatic carbocycles. The van der Waals surface area contributed by atoms with Crippen molar-refractivity contribution in [3.05, 3.63) is 23.8 Å². The molecule has 1 amide bonds. The molecule has 1 saturated heterocycles. The number of hydrogen-bond donors (Lipinski definition) is 0. The van der Waals surface area contributed by atoms with E-state index in [1.54, 1.807) is 13.0 Å². The SMILES string of the molecule is CCOC(=O)c1cc(N(C)C(=O)C(F)(F)F)ccc1N1CCCC1. The average molecular weight is 344 g/mol. The van der Waals surface area contributed by atoms with Gasteiger partial charge in [0.1, 0.15) is 0 Å². The second-order valence-electron chi connectivity index (χ2n) is 5.48. The van der Waals surface area contributed by atoms with Crippen LogP contribution in [0.1, 0.15) is 30.1 Å². The molecule has 2 rings (SSSR count). The van der Waals surface area contributed by atoms with Gasteiger partial charge in [0.05, 0.1) is 17.9 Å². The molecule has 0 unspecified atom stereocenters. The van der Waals surface area contributed by atoms with Crippen molar-refractivity contribution >= 4 is 23.3 Å². The lowest BCUT2D eigenvalue weighted by Crippen LogP contribution is -2.38. The minimum Gasteiger partial charge on any atom is -0.462 e. The maximum atomic E-state index is 12.6. The third-order valence-electron chi connectivity index (χ3n) is 3.86. The standard InChI is InChI=1S/C16H19F3N2O3/c1-3-24-14(22)12-10-11(20(2)15(23)16(17,18)19)6-7-13(12)21-8-4-5-9-21/h6-7,10H,3-5,8-9H2,1-2H3. The smallest absolute Gasteiger partial charge is 0.462 e. The third-order valence-corrected chi connectivity index (χ3v) is 3.86. The summed E-state index contributed by atoms with van der Waals surface area (Å²) in [5, 5.41) is 0. The Bertz CT molecular complexity index is 625. The van der Waals surface area contributed by atoms with Gasteiger partial charge >= 0.3 is 18.1 Å². The number of benzene rings is 1. The predicted octanol–water partition coefficient (Wildman–Crippen LogP) is 2.99. The zero-order valence-corrected chi connectivity index (χ0v) is 13.5. The van der Waals surface area contributed by atoms with Crippen molar-refractivity contribution in [2.45, 2.75) is 25.9 Å². The van der Waals surface area contributed by atoms with Crippen molar-refractivity contribution < 1.29 is 27.5 Å². The fourth-order valence-corrected chi connectivity index (χ4v) is 2.65. The molecule has 5 nitrogen and oxygen atoms in total. The highest BCUT2D eigenvalue weighted by molar-refractivity contribution is 6.01. The molecule has 24 heavy (non-hydrogen) atoms. The number of carbonyl (C=O) groups excluding carboxylic acids is 2. The van der Waals surface area contributed by atoms with Crippen LogP contribution in [0.15, 0.2) is 18.2 Å². The Kier molecular flexibility index (Phi) is 5.36. The fraction of sp³-hybridized carbons (Fsp3) is 0.500. The van der Waals surface area contributed by atoms with Gasteiger partial charge in [-0.25, -0.2) is 4.79 Å². The van der Waals surface area contributed by atoms with Gasteiger partial charge in [0.15, 0.2) is 0 Å². The summed E-state index contributed by atoms with van der Waals surface area (Å²) in [4.78, 5) is 26.0. The van der Waals surface area contributed by atoms with E-state index in [2.05, 4.69) is 0 Å². The Morgan fingerprint density at radius 1 is 1.25 bits per heavy atom. The summed E-state index contributed by atoms with van der Waals surface area (Å²) >= 11 is 0. The van der Waals surface area contributed by atoms with Crippen LogP contribution in [-0.2, 0) is 9.53 Å². The molecule has 1 fully saturated rings. The summed E-state index contributed by atoms with van der Waals surface area (Å²) in [5.41, 5.74) is 0.768. The van der Waals surface area contributed by atoms with E-state index < -0.39 is 18.1 Å². The van der Waals surface area contributed by atoms with Crippen LogP contribution in [0.3, 0.4) is 0 Å². The molecule has 1 aromatic carbocycles. The molecule has 0 bridgehead atoms. The van der Waals surface area contributed by atoms with E-state index in [0.717, 1.165) is 33.0 Å². The number of carbonyl (C=O) groups is 2. The Morgan fingerprint density at radius 2 is 1.88 bits per heavy atom. The zero-order valence-electron chi connectivity index (χ0n) is 13.5. The quantitative estimate of drug-likeness (QED) is 0.788. The molecule has 1 aliphatic heterocycles. The molecule has 0 atom stereocenters. The Hall–Kier alpha value is -2.25. The number of nitrogens with zero attached hydrogens (tertiary/aromatic N) is 2. The highest BCUT2D eigenvalue weighted by Crippen LogP contribution is 2.30. The minimum atomic E-state index is -4.98. The second-order valence-corrected chi connectivity index (χ2v) is 5.48. The predicted molar refractivity (Wildman–Crippen MR) is 83.3 cm³/mol. The molecule has 0 N–H and O–H groups in total. The monoisotopic (exact) mass is 344 g/mol. The molecule has 0 radical (unpaired) electrons. The van der Waals surface area contributed by atoms with Crippen LogP contribution >= 0.6 is 0 Å². The summed E-state index contributed by atoms with van der Waals surface area (Å²) in [7, 11) is 1.02. The normalized spacial score (nSPS) is 14.6. The van der Waals surface area contributed by atoms with Crippen molar-refractivity contribution in [3.8, 4) is 0 Å². The van der Waals surface area contributed by atoms with Gasteiger partial charge in [0, 0.05) is 25.8 Å². The molecule has 0 spiro atoms. The number of rotatable bonds is 4. The van der Waals surface area contributed by atoms with E-state index in [0.29, 0.717) is 10.6 Å². The van der Waals surface area contributed by atoms with Crippen molar-refractivity contribution in [1.82, 2.24) is 0 Å². The molecular weight excluding hydrogens is 325 g/mol. The van der Waals surface area contributed by atoms with Gasteiger partial charge in [-0.3, -0.25) is 4.79 Å². The van der Waals surface area contributed by atoms with E-state index in [1.165, 1.54) is 12.1 Å². The van der Waals surface area contributed by atoms with Gasteiger partial charge in [0.25, 0.3) is 0 Å². The lowest BCUT2D eigenvalue weighted by Gasteiger charge is -2.24. The van der Waals surface area contributed by atoms with Crippen molar-refractivity contribution in [2.24, 2.45) is 0 Å². The van der Waals surface area contributed by atoms with Gasteiger partial charge < -0.3 is 14.5 Å². The summed E-state index contributed by atoms with van der Waals surface area (Å²) in [5.74, 6) is -2.61. The minimum absolute atomic E-state index is 0.0108. The van der Waals surface area contributed by atoms with Crippen LogP contribution in [0.5, 0.6) is 0 Å². The Morgan fingerprint density at radius 3 is 2.42 bits per heavy atom. The number of amides is 1. The molecule has 1 heterocycles. The first-order chi connectivity index (χ1) is 11.3. The second kappa shape index (κ2) is 7.11. The number of hydrogen-bond acceptors (Lipinski definition) is 4. The summed E-state index contributed by atoms with van der Waals surface area (Å²) < 4.78 is 42.8. The molecule has 132 valence electrons. The first-order valence-electron chi connectivity index (χ1n) is 7.66. The number of halogens is 3. The number of alkyl halides is 3. The highest BCUT2D eigenvalue weighted by Gasteiger charge is 2.42. The van der Waals surface area contributed by atoms with Crippen LogP contribution in [0.25, 0.3) is 0 Å². The lowest BCUT2D eigenvalue weighted by atomic mass is 10.1. The summed E-state index contributed by atoms with van der Waals surface area (Å²) in [6.07, 6.45) is -3.01. The van der Waals surface area contributed by atoms with Gasteiger partial charge in [-0.1, -0.05) is 0 Å². The average Bonchev–Trinajstić information content (AvgIpc) is 3.06. The Balaban J connectivity index is 2.39. The molecule has 1 aliphatic rings. The summed E-state index contributed by atoms with van der Waals surface area (Å²) in [6, 6.07) is 4.24. The van der Waals surface area contributed by atoms with Crippen LogP contribution in [0.4, 0.5) is 24.5 Å². The van der Waals surface area contributed by atoms with Crippen molar-refractivity contribution in [3.63, 3.8) is 0 Å². The topological polar surface area (TPSA) is 49.9 Å². The van der Waals surface area contributed by atoms with E-state index in [4.69, 9.17) is 4.74 Å². The lowest BCUT2D eigenvalue weighted by molar-refractivity contribution is -0.170. The first kappa shape index (κ1) is 18.1. The number of ether oxygens (including phenoxy) is 1. The van der Waals surface area contributed by atoms with Crippen molar-refractivity contribution in [1.29, 1.82) is 0 Å². The molecule has 0 aromatic heterocycles. The molecular formula is C16H19F3N2O3. The van der Waals surface area contributed by atoms with E-state index in [-0.39, 0.29) is 17.9 Å². The Labute approximate surface area is 138 Å². The molecule has 0 saturated carbocycles. The third kappa shape index (κ3) is 3.80. The first-order valence-corrected chi connectivity index (χ1v) is 7.66. The van der Waals surface area contributed by atoms with Gasteiger partial charge in [-0.15, -0.1) is 0 Å². The van der Waals surface area contributed by atoms with Gasteiger partial charge in [0.2, 0.25) is 0 Å². The number of esters is 1. The van der Waals surface area contributed by atoms with Crippen LogP contribution in [-0.4, -0.2) is 44.8 Å². The van der Waals surface area contributed by atoms with E-state index >= 15 is 0 Å². The van der Waals surface area contributed by atoms with Crippen molar-refractivity contribution in [2.75, 3.05) is 36.5 Å². The molecule has 8 heteroatoms. The summed E-state index contributed by atoms with van der Waals surface area (Å²) in [6.45, 7) is 3.34. The zero-order chi connectivity index (χ0) is 17.9. The van der Waals surface area contributed by atoms with E-state index in [1.807, 2.05) is 4.90 Å². The number of anilines is 2. The van der Waals surface area contributed by atoms with Gasteiger partial charge in [-0.05, 0) is 38.0 Å². The van der Waals surface area contributed by atoms with Gasteiger partial charge in [-0.2, -0.15) is 13.2 Å². The fourth-order valence-electron chi connectivity index (χ4n) is 2.65. The maximum absolute atomic E-state index is 12.6. The van der Waals surface area contributed by atoms with Crippen LogP contribution in [0.2, 0.25) is 0 Å². The highest BCUT2D eigenvalue weighted by atomic mass is 19.4. The maximum Gasteiger partial charge on any atom is 0.471 e. The largest absolute Gasteiger partial charge is 0.471 e. The van der Waals surface area contributed by atoms with E-state index in [9.17, 15) is 22.8 Å². The van der Waals surface area contributed by atoms with Crippen LogP contribution < -0.4 is 9.80 Å². The van der Waals surface area contributed by atoms with Crippen LogP contribution in [0, 0.1) is 0 Å².